The minimum Gasteiger partial charge on any atom is -0.383 e. The molecule has 0 aliphatic rings. The summed E-state index contributed by atoms with van der Waals surface area (Å²) in [6.07, 6.45) is 1.73. The lowest BCUT2D eigenvalue weighted by Crippen LogP contribution is -2.44. The lowest BCUT2D eigenvalue weighted by Gasteiger charge is -2.44. The molecular formula is C16H19Cl2NOS. The molecule has 1 N–H and O–H groups in total. The van der Waals surface area contributed by atoms with E-state index in [0.29, 0.717) is 10.0 Å². The van der Waals surface area contributed by atoms with Crippen molar-refractivity contribution in [2.24, 2.45) is 5.41 Å². The van der Waals surface area contributed by atoms with Crippen LogP contribution in [0, 0.1) is 5.41 Å². The minimum atomic E-state index is -1.06. The van der Waals surface area contributed by atoms with Gasteiger partial charge in [-0.25, -0.2) is 0 Å². The van der Waals surface area contributed by atoms with E-state index in [1.807, 2.05) is 33.8 Å². The fourth-order valence-electron chi connectivity index (χ4n) is 2.71. The number of aliphatic hydroxyl groups is 1. The predicted octanol–water partition coefficient (Wildman–Crippen LogP) is 5.49. The molecule has 0 amide bonds. The van der Waals surface area contributed by atoms with Crippen LogP contribution in [0.3, 0.4) is 0 Å². The van der Waals surface area contributed by atoms with Gasteiger partial charge in [-0.1, -0.05) is 57.0 Å². The molecule has 2 atom stereocenters. The smallest absolute Gasteiger partial charge is 0.112 e. The molecule has 0 saturated carbocycles. The molecule has 0 saturated heterocycles. The highest BCUT2D eigenvalue weighted by Crippen LogP contribution is 2.51. The van der Waals surface area contributed by atoms with Crippen molar-refractivity contribution in [2.45, 2.75) is 39.2 Å². The first-order valence-corrected chi connectivity index (χ1v) is 8.37. The Morgan fingerprint density at radius 3 is 2.38 bits per heavy atom. The first-order valence-electron chi connectivity index (χ1n) is 6.74. The fourth-order valence-corrected chi connectivity index (χ4v) is 4.31. The largest absolute Gasteiger partial charge is 0.383 e. The molecule has 5 heteroatoms. The van der Waals surface area contributed by atoms with Gasteiger partial charge >= 0.3 is 0 Å². The van der Waals surface area contributed by atoms with Crippen LogP contribution in [0.2, 0.25) is 10.0 Å². The molecule has 2 rings (SSSR count). The van der Waals surface area contributed by atoms with E-state index in [1.54, 1.807) is 23.8 Å². The molecule has 2 unspecified atom stereocenters. The fraction of sp³-hybridized carbons (Fsp3) is 0.438. The monoisotopic (exact) mass is 343 g/mol. The summed E-state index contributed by atoms with van der Waals surface area (Å²) in [7, 11) is 0. The number of nitrogens with zero attached hydrogens (tertiary/aromatic N) is 1. The van der Waals surface area contributed by atoms with E-state index in [9.17, 15) is 5.11 Å². The maximum Gasteiger partial charge on any atom is 0.112 e. The van der Waals surface area contributed by atoms with Crippen LogP contribution in [0.25, 0.3) is 0 Å². The number of benzene rings is 1. The van der Waals surface area contributed by atoms with Crippen molar-refractivity contribution in [1.82, 2.24) is 4.98 Å². The van der Waals surface area contributed by atoms with Gasteiger partial charge in [0.15, 0.2) is 0 Å². The molecule has 1 heterocycles. The van der Waals surface area contributed by atoms with Crippen LogP contribution in [0.15, 0.2) is 29.9 Å². The van der Waals surface area contributed by atoms with Crippen LogP contribution in [0.1, 0.15) is 44.1 Å². The summed E-state index contributed by atoms with van der Waals surface area (Å²) >= 11 is 13.8. The molecule has 21 heavy (non-hydrogen) atoms. The first kappa shape index (κ1) is 16.8. The van der Waals surface area contributed by atoms with Crippen molar-refractivity contribution in [2.75, 3.05) is 0 Å². The van der Waals surface area contributed by atoms with Gasteiger partial charge in [-0.05, 0) is 23.1 Å². The maximum atomic E-state index is 11.5. The van der Waals surface area contributed by atoms with E-state index < -0.39 is 5.60 Å². The summed E-state index contributed by atoms with van der Waals surface area (Å²) in [5.74, 6) is -0.192. The highest BCUT2D eigenvalue weighted by molar-refractivity contribution is 7.09. The number of aromatic nitrogens is 1. The number of halogens is 2. The summed E-state index contributed by atoms with van der Waals surface area (Å²) in [6.45, 7) is 8.05. The van der Waals surface area contributed by atoms with Gasteiger partial charge in [0.1, 0.15) is 5.60 Å². The zero-order chi connectivity index (χ0) is 15.8. The number of hydrogen-bond donors (Lipinski definition) is 1. The van der Waals surface area contributed by atoms with E-state index in [-0.39, 0.29) is 11.3 Å². The van der Waals surface area contributed by atoms with Gasteiger partial charge in [-0.15, -0.1) is 11.3 Å². The molecule has 0 spiro atoms. The van der Waals surface area contributed by atoms with Crippen LogP contribution in [0.5, 0.6) is 0 Å². The van der Waals surface area contributed by atoms with E-state index >= 15 is 0 Å². The van der Waals surface area contributed by atoms with Gasteiger partial charge in [0.05, 0.1) is 10.4 Å². The van der Waals surface area contributed by atoms with Gasteiger partial charge in [-0.2, -0.15) is 0 Å². The Morgan fingerprint density at radius 2 is 1.90 bits per heavy atom. The van der Waals surface area contributed by atoms with Crippen LogP contribution < -0.4 is 0 Å². The Kier molecular flexibility index (Phi) is 4.69. The lowest BCUT2D eigenvalue weighted by atomic mass is 9.67. The number of thiazole rings is 1. The summed E-state index contributed by atoms with van der Waals surface area (Å²) in [5, 5.41) is 12.7. The molecule has 0 fully saturated rings. The summed E-state index contributed by atoms with van der Waals surface area (Å²) < 4.78 is 0. The molecule has 2 nitrogen and oxygen atoms in total. The molecule has 2 aromatic rings. The van der Waals surface area contributed by atoms with Crippen molar-refractivity contribution in [3.8, 4) is 0 Å². The summed E-state index contributed by atoms with van der Waals surface area (Å²) in [5.41, 5.74) is 1.18. The van der Waals surface area contributed by atoms with E-state index in [1.165, 1.54) is 11.3 Å². The van der Waals surface area contributed by atoms with Gasteiger partial charge in [0.2, 0.25) is 0 Å². The molecule has 0 aliphatic heterocycles. The third-order valence-corrected chi connectivity index (χ3v) is 5.47. The van der Waals surface area contributed by atoms with Crippen LogP contribution >= 0.6 is 34.5 Å². The Morgan fingerprint density at radius 1 is 1.24 bits per heavy atom. The maximum absolute atomic E-state index is 11.5. The molecule has 1 aromatic carbocycles. The topological polar surface area (TPSA) is 33.1 Å². The number of rotatable bonds is 3. The minimum absolute atomic E-state index is 0.192. The second kappa shape index (κ2) is 5.88. The van der Waals surface area contributed by atoms with Crippen LogP contribution in [-0.2, 0) is 5.60 Å². The Balaban J connectivity index is 2.57. The normalized spacial score (nSPS) is 16.5. The SMILES string of the molecule is CC(c1ccc(Cl)cc1Cl)C(O)(c1cncs1)C(C)(C)C. The molecule has 0 bridgehead atoms. The Hall–Kier alpha value is -0.610. The Labute approximate surface area is 139 Å². The van der Waals surface area contributed by atoms with Gasteiger partial charge in [0, 0.05) is 22.2 Å². The van der Waals surface area contributed by atoms with Crippen LogP contribution in [-0.4, -0.2) is 10.1 Å². The van der Waals surface area contributed by atoms with Crippen molar-refractivity contribution < 1.29 is 5.11 Å². The van der Waals surface area contributed by atoms with Gasteiger partial charge < -0.3 is 5.11 Å². The third-order valence-electron chi connectivity index (χ3n) is 4.01. The highest BCUT2D eigenvalue weighted by Gasteiger charge is 2.48. The van der Waals surface area contributed by atoms with E-state index in [0.717, 1.165) is 10.4 Å². The van der Waals surface area contributed by atoms with E-state index in [4.69, 9.17) is 23.2 Å². The van der Waals surface area contributed by atoms with Crippen molar-refractivity contribution in [3.63, 3.8) is 0 Å². The zero-order valence-electron chi connectivity index (χ0n) is 12.5. The standard InChI is InChI=1S/C16H19Cl2NOS/c1-10(12-6-5-11(17)7-13(12)18)16(20,15(2,3)4)14-8-19-9-21-14/h5-10,20H,1-4H3. The molecule has 0 aliphatic carbocycles. The third kappa shape index (κ3) is 2.98. The Bertz CT molecular complexity index is 622. The molecule has 1 aromatic heterocycles. The summed E-state index contributed by atoms with van der Waals surface area (Å²) in [4.78, 5) is 4.96. The lowest BCUT2D eigenvalue weighted by molar-refractivity contribution is -0.0805. The molecular weight excluding hydrogens is 325 g/mol. The second-order valence-electron chi connectivity index (χ2n) is 6.27. The van der Waals surface area contributed by atoms with Gasteiger partial charge in [-0.3, -0.25) is 4.98 Å². The molecule has 0 radical (unpaired) electrons. The van der Waals surface area contributed by atoms with Crippen molar-refractivity contribution in [1.29, 1.82) is 0 Å². The summed E-state index contributed by atoms with van der Waals surface area (Å²) in [6, 6.07) is 5.40. The first-order chi connectivity index (χ1) is 9.68. The average molecular weight is 344 g/mol. The highest BCUT2D eigenvalue weighted by atomic mass is 35.5. The van der Waals surface area contributed by atoms with E-state index in [2.05, 4.69) is 4.98 Å². The van der Waals surface area contributed by atoms with Crippen LogP contribution in [0.4, 0.5) is 0 Å². The second-order valence-corrected chi connectivity index (χ2v) is 8.00. The quantitative estimate of drug-likeness (QED) is 0.799. The number of hydrogen-bond acceptors (Lipinski definition) is 3. The predicted molar refractivity (Wildman–Crippen MR) is 90.3 cm³/mol. The average Bonchev–Trinajstić information content (AvgIpc) is 2.89. The molecule has 114 valence electrons. The van der Waals surface area contributed by atoms with Gasteiger partial charge in [0.25, 0.3) is 0 Å². The van der Waals surface area contributed by atoms with Crippen molar-refractivity contribution in [3.05, 3.63) is 50.4 Å². The van der Waals surface area contributed by atoms with Crippen molar-refractivity contribution >= 4 is 34.5 Å². The zero-order valence-corrected chi connectivity index (χ0v) is 14.9.